The van der Waals surface area contributed by atoms with E-state index in [1.807, 2.05) is 0 Å². The number of nitrogens with one attached hydrogen (secondary N) is 1. The van der Waals surface area contributed by atoms with Gasteiger partial charge in [-0.25, -0.2) is 9.97 Å². The van der Waals surface area contributed by atoms with Crippen LogP contribution in [0, 0.1) is 0 Å². The fraction of sp³-hybridized carbons (Fsp3) is 0.333. The third-order valence-corrected chi connectivity index (χ3v) is 3.70. The van der Waals surface area contributed by atoms with Crippen molar-refractivity contribution in [1.82, 2.24) is 9.97 Å². The van der Waals surface area contributed by atoms with Gasteiger partial charge in [-0.1, -0.05) is 35.9 Å². The van der Waals surface area contributed by atoms with E-state index in [0.29, 0.717) is 23.5 Å². The monoisotopic (exact) mass is 289 g/mol. The Morgan fingerprint density at radius 3 is 3.00 bits per heavy atom. The zero-order valence-electron chi connectivity index (χ0n) is 11.3. The van der Waals surface area contributed by atoms with Gasteiger partial charge in [0, 0.05) is 25.6 Å². The molecule has 0 saturated heterocycles. The Kier molecular flexibility index (Phi) is 3.85. The van der Waals surface area contributed by atoms with Gasteiger partial charge < -0.3 is 10.1 Å². The molecule has 0 radical (unpaired) electrons. The first kappa shape index (κ1) is 13.3. The highest BCUT2D eigenvalue weighted by molar-refractivity contribution is 6.29. The number of ether oxygens (including phenoxy) is 1. The molecule has 2 aromatic rings. The predicted octanol–water partition coefficient (Wildman–Crippen LogP) is 3.03. The molecule has 0 bridgehead atoms. The van der Waals surface area contributed by atoms with Crippen molar-refractivity contribution in [3.8, 4) is 0 Å². The molecule has 1 aromatic carbocycles. The number of hydrogen-bond donors (Lipinski definition) is 1. The molecule has 1 N–H and O–H groups in total. The van der Waals surface area contributed by atoms with Crippen molar-refractivity contribution in [1.29, 1.82) is 0 Å². The predicted molar refractivity (Wildman–Crippen MR) is 79.1 cm³/mol. The Balaban J connectivity index is 1.65. The number of hydrogen-bond acceptors (Lipinski definition) is 4. The van der Waals surface area contributed by atoms with E-state index in [1.54, 1.807) is 13.2 Å². The molecular weight excluding hydrogens is 274 g/mol. The normalized spacial score (nSPS) is 16.4. The van der Waals surface area contributed by atoms with Gasteiger partial charge in [0.2, 0.25) is 0 Å². The van der Waals surface area contributed by atoms with Crippen molar-refractivity contribution < 1.29 is 4.74 Å². The molecule has 0 amide bonds. The van der Waals surface area contributed by atoms with Crippen LogP contribution in [0.4, 0.5) is 5.82 Å². The second-order valence-corrected chi connectivity index (χ2v) is 5.29. The van der Waals surface area contributed by atoms with E-state index in [9.17, 15) is 0 Å². The summed E-state index contributed by atoms with van der Waals surface area (Å²) in [6, 6.07) is 10.3. The van der Waals surface area contributed by atoms with Crippen molar-refractivity contribution in [2.45, 2.75) is 18.9 Å². The first-order valence-electron chi connectivity index (χ1n) is 6.60. The van der Waals surface area contributed by atoms with Gasteiger partial charge in [-0.05, 0) is 17.5 Å². The van der Waals surface area contributed by atoms with Crippen LogP contribution in [-0.4, -0.2) is 23.6 Å². The van der Waals surface area contributed by atoms with E-state index < -0.39 is 0 Å². The summed E-state index contributed by atoms with van der Waals surface area (Å²) in [5.41, 5.74) is 2.87. The van der Waals surface area contributed by atoms with Crippen LogP contribution in [0.15, 0.2) is 30.3 Å². The molecule has 1 aliphatic rings. The first-order chi connectivity index (χ1) is 9.76. The van der Waals surface area contributed by atoms with Gasteiger partial charge in [-0.2, -0.15) is 0 Å². The molecule has 1 unspecified atom stereocenters. The summed E-state index contributed by atoms with van der Waals surface area (Å²) in [5, 5.41) is 3.77. The molecule has 1 heterocycles. The van der Waals surface area contributed by atoms with Crippen molar-refractivity contribution in [2.75, 3.05) is 19.0 Å². The maximum Gasteiger partial charge on any atom is 0.158 e. The third-order valence-electron chi connectivity index (χ3n) is 3.51. The molecule has 0 fully saturated rings. The molecule has 0 aliphatic heterocycles. The lowest BCUT2D eigenvalue weighted by molar-refractivity contribution is 0.178. The fourth-order valence-corrected chi connectivity index (χ4v) is 2.72. The minimum atomic E-state index is 0.363. The molecule has 0 spiro atoms. The smallest absolute Gasteiger partial charge is 0.158 e. The molecule has 1 atom stereocenters. The molecule has 104 valence electrons. The van der Waals surface area contributed by atoms with Crippen molar-refractivity contribution >= 4 is 17.4 Å². The topological polar surface area (TPSA) is 47.0 Å². The summed E-state index contributed by atoms with van der Waals surface area (Å²) in [4.78, 5) is 8.49. The number of halogens is 1. The van der Waals surface area contributed by atoms with Crippen molar-refractivity contribution in [2.24, 2.45) is 0 Å². The number of nitrogens with zero attached hydrogens (tertiary/aromatic N) is 2. The molecular formula is C15H16ClN3O. The van der Waals surface area contributed by atoms with Crippen LogP contribution in [0.3, 0.4) is 0 Å². The highest BCUT2D eigenvalue weighted by Gasteiger charge is 2.24. The fourth-order valence-electron chi connectivity index (χ4n) is 2.52. The van der Waals surface area contributed by atoms with E-state index in [0.717, 1.165) is 18.8 Å². The largest absolute Gasteiger partial charge is 0.377 e. The highest BCUT2D eigenvalue weighted by atomic mass is 35.5. The summed E-state index contributed by atoms with van der Waals surface area (Å²) < 4.78 is 5.03. The van der Waals surface area contributed by atoms with Crippen LogP contribution in [0.25, 0.3) is 0 Å². The van der Waals surface area contributed by atoms with Gasteiger partial charge in [-0.15, -0.1) is 0 Å². The lowest BCUT2D eigenvalue weighted by Gasteiger charge is -2.30. The Bertz CT molecular complexity index is 618. The van der Waals surface area contributed by atoms with Crippen LogP contribution in [0.2, 0.25) is 5.15 Å². The lowest BCUT2D eigenvalue weighted by Crippen LogP contribution is -2.24. The van der Waals surface area contributed by atoms with Crippen LogP contribution in [0.5, 0.6) is 0 Å². The first-order valence-corrected chi connectivity index (χ1v) is 6.98. The number of methoxy groups -OCH3 is 1. The van der Waals surface area contributed by atoms with E-state index in [4.69, 9.17) is 16.3 Å². The highest BCUT2D eigenvalue weighted by Crippen LogP contribution is 2.34. The molecule has 4 nitrogen and oxygen atoms in total. The molecule has 3 rings (SSSR count). The zero-order valence-corrected chi connectivity index (χ0v) is 12.0. The Morgan fingerprint density at radius 2 is 2.20 bits per heavy atom. The molecule has 0 saturated carbocycles. The number of rotatable bonds is 5. The van der Waals surface area contributed by atoms with Crippen molar-refractivity contribution in [3.05, 3.63) is 52.4 Å². The van der Waals surface area contributed by atoms with Gasteiger partial charge in [-0.3, -0.25) is 0 Å². The van der Waals surface area contributed by atoms with E-state index in [1.165, 1.54) is 11.1 Å². The number of benzene rings is 1. The molecule has 1 aromatic heterocycles. The Hall–Kier alpha value is -1.65. The molecule has 5 heteroatoms. The van der Waals surface area contributed by atoms with Gasteiger partial charge in [0.15, 0.2) is 5.82 Å². The Labute approximate surface area is 123 Å². The summed E-state index contributed by atoms with van der Waals surface area (Å²) >= 11 is 5.98. The zero-order chi connectivity index (χ0) is 13.9. The summed E-state index contributed by atoms with van der Waals surface area (Å²) in [5.74, 6) is 1.89. The van der Waals surface area contributed by atoms with Gasteiger partial charge in [0.25, 0.3) is 0 Å². The van der Waals surface area contributed by atoms with Gasteiger partial charge in [0.1, 0.15) is 17.6 Å². The molecule has 20 heavy (non-hydrogen) atoms. The average Bonchev–Trinajstić information content (AvgIpc) is 2.39. The standard InChI is InChI=1S/C15H16ClN3O/c1-20-9-15-18-13(16)7-14(19-15)17-8-11-6-10-4-2-3-5-12(10)11/h2-5,7,11H,6,8-9H2,1H3,(H,17,18,19). The second kappa shape index (κ2) is 5.77. The molecule has 1 aliphatic carbocycles. The maximum absolute atomic E-state index is 5.98. The average molecular weight is 290 g/mol. The second-order valence-electron chi connectivity index (χ2n) is 4.91. The van der Waals surface area contributed by atoms with E-state index >= 15 is 0 Å². The van der Waals surface area contributed by atoms with E-state index in [-0.39, 0.29) is 0 Å². The number of anilines is 1. The minimum absolute atomic E-state index is 0.363. The SMILES string of the molecule is COCc1nc(Cl)cc(NCC2Cc3ccccc32)n1. The third kappa shape index (κ3) is 2.76. The van der Waals surface area contributed by atoms with Gasteiger partial charge in [0.05, 0.1) is 0 Å². The quantitative estimate of drug-likeness (QED) is 0.860. The van der Waals surface area contributed by atoms with Crippen LogP contribution in [-0.2, 0) is 17.8 Å². The maximum atomic E-state index is 5.98. The number of aromatic nitrogens is 2. The van der Waals surface area contributed by atoms with E-state index in [2.05, 4.69) is 39.6 Å². The summed E-state index contributed by atoms with van der Waals surface area (Å²) in [6.45, 7) is 1.22. The van der Waals surface area contributed by atoms with Crippen LogP contribution in [0.1, 0.15) is 22.9 Å². The van der Waals surface area contributed by atoms with Crippen LogP contribution >= 0.6 is 11.6 Å². The number of fused-ring (bicyclic) bond motifs is 1. The lowest BCUT2D eigenvalue weighted by atomic mass is 9.78. The summed E-state index contributed by atoms with van der Waals surface area (Å²) in [6.07, 6.45) is 1.12. The van der Waals surface area contributed by atoms with Gasteiger partial charge >= 0.3 is 0 Å². The minimum Gasteiger partial charge on any atom is -0.377 e. The van der Waals surface area contributed by atoms with Crippen LogP contribution < -0.4 is 5.32 Å². The van der Waals surface area contributed by atoms with Crippen molar-refractivity contribution in [3.63, 3.8) is 0 Å². The Morgan fingerprint density at radius 1 is 1.35 bits per heavy atom. The summed E-state index contributed by atoms with van der Waals surface area (Å²) in [7, 11) is 1.61.